The average Bonchev–Trinajstić information content (AvgIpc) is 2.46. The molecule has 22 heavy (non-hydrogen) atoms. The SMILES string of the molecule is CC(C)(O)[C@@H]1CCCN(Cc2ccc(OCC(=O)O)cc2)C1. The van der Waals surface area contributed by atoms with E-state index in [-0.39, 0.29) is 6.61 Å². The molecule has 1 fully saturated rings. The molecule has 1 atom stereocenters. The minimum atomic E-state index is -0.977. The second kappa shape index (κ2) is 7.11. The minimum Gasteiger partial charge on any atom is -0.482 e. The fraction of sp³-hybridized carbons (Fsp3) is 0.588. The van der Waals surface area contributed by atoms with Gasteiger partial charge in [0.2, 0.25) is 0 Å². The molecule has 0 amide bonds. The molecule has 0 aliphatic carbocycles. The topological polar surface area (TPSA) is 70.0 Å². The first kappa shape index (κ1) is 16.8. The van der Waals surface area contributed by atoms with Gasteiger partial charge in [-0.25, -0.2) is 4.79 Å². The predicted molar refractivity (Wildman–Crippen MR) is 83.9 cm³/mol. The van der Waals surface area contributed by atoms with Crippen LogP contribution in [0.1, 0.15) is 32.3 Å². The van der Waals surface area contributed by atoms with Gasteiger partial charge in [-0.2, -0.15) is 0 Å². The van der Waals surface area contributed by atoms with E-state index in [2.05, 4.69) is 4.90 Å². The lowest BCUT2D eigenvalue weighted by Crippen LogP contribution is -2.44. The van der Waals surface area contributed by atoms with Crippen LogP contribution < -0.4 is 4.74 Å². The summed E-state index contributed by atoms with van der Waals surface area (Å²) in [6.07, 6.45) is 2.18. The second-order valence-electron chi connectivity index (χ2n) is 6.55. The molecule has 0 spiro atoms. The van der Waals surface area contributed by atoms with E-state index in [0.717, 1.165) is 32.5 Å². The van der Waals surface area contributed by atoms with Crippen LogP contribution in [0.4, 0.5) is 0 Å². The molecule has 2 N–H and O–H groups in total. The highest BCUT2D eigenvalue weighted by Crippen LogP contribution is 2.27. The molecular weight excluding hydrogens is 282 g/mol. The van der Waals surface area contributed by atoms with E-state index in [1.165, 1.54) is 5.56 Å². The summed E-state index contributed by atoms with van der Waals surface area (Å²) >= 11 is 0. The molecule has 1 saturated heterocycles. The van der Waals surface area contributed by atoms with E-state index >= 15 is 0 Å². The maximum atomic E-state index is 10.5. The van der Waals surface area contributed by atoms with Crippen molar-refractivity contribution in [1.82, 2.24) is 4.90 Å². The molecule has 0 saturated carbocycles. The van der Waals surface area contributed by atoms with E-state index < -0.39 is 11.6 Å². The molecule has 0 aromatic heterocycles. The molecular formula is C17H25NO4. The highest BCUT2D eigenvalue weighted by atomic mass is 16.5. The van der Waals surface area contributed by atoms with E-state index in [4.69, 9.17) is 9.84 Å². The van der Waals surface area contributed by atoms with E-state index in [0.29, 0.717) is 11.7 Å². The molecule has 122 valence electrons. The van der Waals surface area contributed by atoms with E-state index in [9.17, 15) is 9.90 Å². The van der Waals surface area contributed by atoms with Crippen LogP contribution in [0.5, 0.6) is 5.75 Å². The number of nitrogens with zero attached hydrogens (tertiary/aromatic N) is 1. The molecule has 1 aliphatic heterocycles. The Hall–Kier alpha value is -1.59. The Morgan fingerprint density at radius 1 is 1.36 bits per heavy atom. The first-order valence-corrected chi connectivity index (χ1v) is 7.73. The van der Waals surface area contributed by atoms with Crippen LogP contribution in [0.2, 0.25) is 0 Å². The van der Waals surface area contributed by atoms with Gasteiger partial charge in [0.15, 0.2) is 6.61 Å². The Labute approximate surface area is 131 Å². The monoisotopic (exact) mass is 307 g/mol. The fourth-order valence-electron chi connectivity index (χ4n) is 2.87. The number of piperidine rings is 1. The third-order valence-electron chi connectivity index (χ3n) is 4.20. The number of benzene rings is 1. The Balaban J connectivity index is 1.89. The average molecular weight is 307 g/mol. The number of aliphatic hydroxyl groups is 1. The number of carboxylic acids is 1. The summed E-state index contributed by atoms with van der Waals surface area (Å²) in [6, 6.07) is 7.53. The summed E-state index contributed by atoms with van der Waals surface area (Å²) in [5.41, 5.74) is 0.534. The fourth-order valence-corrected chi connectivity index (χ4v) is 2.87. The van der Waals surface area contributed by atoms with Gasteiger partial charge < -0.3 is 14.9 Å². The summed E-state index contributed by atoms with van der Waals surface area (Å²) in [7, 11) is 0. The largest absolute Gasteiger partial charge is 0.482 e. The van der Waals surface area contributed by atoms with Gasteiger partial charge in [-0.3, -0.25) is 4.90 Å². The zero-order valence-electron chi connectivity index (χ0n) is 13.3. The Morgan fingerprint density at radius 3 is 2.64 bits per heavy atom. The van der Waals surface area contributed by atoms with Crippen LogP contribution >= 0.6 is 0 Å². The quantitative estimate of drug-likeness (QED) is 0.842. The van der Waals surface area contributed by atoms with Crippen LogP contribution in [-0.2, 0) is 11.3 Å². The maximum absolute atomic E-state index is 10.5. The number of rotatable bonds is 6. The van der Waals surface area contributed by atoms with Crippen molar-refractivity contribution in [3.05, 3.63) is 29.8 Å². The number of likely N-dealkylation sites (tertiary alicyclic amines) is 1. The van der Waals surface area contributed by atoms with Gasteiger partial charge >= 0.3 is 5.97 Å². The number of ether oxygens (including phenoxy) is 1. The van der Waals surface area contributed by atoms with Gasteiger partial charge in [0.25, 0.3) is 0 Å². The van der Waals surface area contributed by atoms with Crippen molar-refractivity contribution < 1.29 is 19.7 Å². The standard InChI is InChI=1S/C17H25NO4/c1-17(2,21)14-4-3-9-18(11-14)10-13-5-7-15(8-6-13)22-12-16(19)20/h5-8,14,21H,3-4,9-12H2,1-2H3,(H,19,20)/t14-/m1/s1. The summed E-state index contributed by atoms with van der Waals surface area (Å²) in [4.78, 5) is 12.8. The minimum absolute atomic E-state index is 0.305. The summed E-state index contributed by atoms with van der Waals surface area (Å²) in [6.45, 7) is 6.24. The van der Waals surface area contributed by atoms with E-state index in [1.54, 1.807) is 12.1 Å². The molecule has 5 nitrogen and oxygen atoms in total. The van der Waals surface area contributed by atoms with Gasteiger partial charge in [0, 0.05) is 13.1 Å². The summed E-state index contributed by atoms with van der Waals surface area (Å²) < 4.78 is 5.13. The van der Waals surface area contributed by atoms with Crippen LogP contribution in [0, 0.1) is 5.92 Å². The zero-order valence-corrected chi connectivity index (χ0v) is 13.3. The van der Waals surface area contributed by atoms with Crippen LogP contribution in [0.15, 0.2) is 24.3 Å². The smallest absolute Gasteiger partial charge is 0.341 e. The first-order chi connectivity index (χ1) is 10.3. The van der Waals surface area contributed by atoms with Crippen LogP contribution in [0.3, 0.4) is 0 Å². The zero-order chi connectivity index (χ0) is 16.2. The Kier molecular flexibility index (Phi) is 5.42. The molecule has 2 rings (SSSR count). The van der Waals surface area contributed by atoms with Crippen molar-refractivity contribution in [3.63, 3.8) is 0 Å². The molecule has 1 aromatic rings. The highest BCUT2D eigenvalue weighted by molar-refractivity contribution is 5.68. The normalized spacial score (nSPS) is 19.9. The van der Waals surface area contributed by atoms with Crippen molar-refractivity contribution in [2.75, 3.05) is 19.7 Å². The van der Waals surface area contributed by atoms with Gasteiger partial charge in [-0.15, -0.1) is 0 Å². The number of carbonyl (C=O) groups is 1. The number of carboxylic acid groups (broad SMARTS) is 1. The number of hydrogen-bond acceptors (Lipinski definition) is 4. The highest BCUT2D eigenvalue weighted by Gasteiger charge is 2.31. The molecule has 0 bridgehead atoms. The third-order valence-corrected chi connectivity index (χ3v) is 4.20. The van der Waals surface area contributed by atoms with Crippen molar-refractivity contribution in [2.45, 2.75) is 38.8 Å². The van der Waals surface area contributed by atoms with Gasteiger partial charge in [-0.1, -0.05) is 12.1 Å². The molecule has 0 unspecified atom stereocenters. The van der Waals surface area contributed by atoms with Gasteiger partial charge in [0.1, 0.15) is 5.75 Å². The summed E-state index contributed by atoms with van der Waals surface area (Å²) in [5.74, 6) is -0.103. The lowest BCUT2D eigenvalue weighted by molar-refractivity contribution is -0.139. The Bertz CT molecular complexity index is 492. The second-order valence-corrected chi connectivity index (χ2v) is 6.55. The molecule has 1 aliphatic rings. The lowest BCUT2D eigenvalue weighted by atomic mass is 9.84. The Morgan fingerprint density at radius 2 is 2.05 bits per heavy atom. The third kappa shape index (κ3) is 5.00. The number of hydrogen-bond donors (Lipinski definition) is 2. The van der Waals surface area contributed by atoms with Crippen molar-refractivity contribution >= 4 is 5.97 Å². The molecule has 1 aromatic carbocycles. The van der Waals surface area contributed by atoms with Crippen LogP contribution in [0.25, 0.3) is 0 Å². The number of aliphatic carboxylic acids is 1. The van der Waals surface area contributed by atoms with Gasteiger partial charge in [0.05, 0.1) is 5.60 Å². The first-order valence-electron chi connectivity index (χ1n) is 7.73. The maximum Gasteiger partial charge on any atom is 0.341 e. The van der Waals surface area contributed by atoms with E-state index in [1.807, 2.05) is 26.0 Å². The lowest BCUT2D eigenvalue weighted by Gasteiger charge is -2.38. The van der Waals surface area contributed by atoms with Crippen molar-refractivity contribution in [1.29, 1.82) is 0 Å². The molecule has 1 heterocycles. The van der Waals surface area contributed by atoms with Crippen LogP contribution in [-0.4, -0.2) is 46.4 Å². The molecule has 5 heteroatoms. The predicted octanol–water partition coefficient (Wildman–Crippen LogP) is 2.13. The van der Waals surface area contributed by atoms with Crippen molar-refractivity contribution in [3.8, 4) is 5.75 Å². The van der Waals surface area contributed by atoms with Gasteiger partial charge in [-0.05, 0) is 56.8 Å². The molecule has 0 radical (unpaired) electrons. The summed E-state index contributed by atoms with van der Waals surface area (Å²) in [5, 5.41) is 18.8. The van der Waals surface area contributed by atoms with Crippen molar-refractivity contribution in [2.24, 2.45) is 5.92 Å².